The maximum Gasteiger partial charge on any atom is 0.0173 e. The molecule has 1 unspecified atom stereocenters. The molecule has 1 aromatic rings. The maximum atomic E-state index is 2.64. The van der Waals surface area contributed by atoms with E-state index in [2.05, 4.69) is 68.8 Å². The second-order valence-corrected chi connectivity index (χ2v) is 5.74. The predicted octanol–water partition coefficient (Wildman–Crippen LogP) is 4.20. The molecular weight excluding hydrogens is 333 g/mol. The number of nitrogens with zero attached hydrogens (tertiary/aromatic N) is 1. The smallest absolute Gasteiger partial charge is 0.0173 e. The molecule has 0 saturated heterocycles. The summed E-state index contributed by atoms with van der Waals surface area (Å²) in [5.74, 6) is 0. The number of aryl methyl sites for hydroxylation is 1. The molecule has 2 heteroatoms. The lowest BCUT2D eigenvalue weighted by atomic mass is 9.87. The number of hydrogen-bond acceptors (Lipinski definition) is 1. The number of halogens is 1. The van der Waals surface area contributed by atoms with Gasteiger partial charge in [0.05, 0.1) is 0 Å². The number of rotatable bonds is 5. The normalized spacial score (nSPS) is 19.4. The predicted molar refractivity (Wildman–Crippen MR) is 87.3 cm³/mol. The van der Waals surface area contributed by atoms with Crippen molar-refractivity contribution in [3.05, 3.63) is 45.6 Å². The largest absolute Gasteiger partial charge is 0.296 e. The van der Waals surface area contributed by atoms with Gasteiger partial charge in [0.25, 0.3) is 0 Å². The Hall–Kier alpha value is -0.350. The Kier molecular flexibility index (Phi) is 5.70. The Morgan fingerprint density at radius 3 is 2.83 bits per heavy atom. The first-order chi connectivity index (χ1) is 8.85. The molecule has 1 aromatic carbocycles. The summed E-state index contributed by atoms with van der Waals surface area (Å²) in [6, 6.07) is 9.67. The van der Waals surface area contributed by atoms with Gasteiger partial charge in [-0.2, -0.15) is 0 Å². The zero-order valence-corrected chi connectivity index (χ0v) is 13.3. The van der Waals surface area contributed by atoms with Crippen molar-refractivity contribution in [1.29, 1.82) is 0 Å². The Labute approximate surface area is 124 Å². The lowest BCUT2D eigenvalue weighted by Gasteiger charge is -2.34. The molecule has 0 N–H and O–H groups in total. The fourth-order valence-corrected chi connectivity index (χ4v) is 3.10. The number of hydrogen-bond donors (Lipinski definition) is 0. The minimum Gasteiger partial charge on any atom is -0.296 e. The zero-order valence-electron chi connectivity index (χ0n) is 11.1. The molecule has 1 nitrogen and oxygen atoms in total. The van der Waals surface area contributed by atoms with Crippen LogP contribution in [0.15, 0.2) is 34.4 Å². The fraction of sp³-hybridized carbons (Fsp3) is 0.500. The lowest BCUT2D eigenvalue weighted by molar-refractivity contribution is 0.199. The van der Waals surface area contributed by atoms with Gasteiger partial charge in [-0.15, -0.1) is 0 Å². The van der Waals surface area contributed by atoms with Gasteiger partial charge in [0.2, 0.25) is 0 Å². The first kappa shape index (κ1) is 14.1. The van der Waals surface area contributed by atoms with Crippen molar-refractivity contribution in [2.75, 3.05) is 13.1 Å². The summed E-state index contributed by atoms with van der Waals surface area (Å²) in [6.45, 7) is 4.59. The molecule has 0 aliphatic heterocycles. The molecule has 0 aromatic heterocycles. The van der Waals surface area contributed by atoms with Crippen molar-refractivity contribution in [1.82, 2.24) is 4.90 Å². The number of fused-ring (bicyclic) bond motifs is 1. The van der Waals surface area contributed by atoms with E-state index < -0.39 is 0 Å². The minimum absolute atomic E-state index is 0.729. The number of benzene rings is 1. The van der Waals surface area contributed by atoms with Crippen LogP contribution in [-0.2, 0) is 12.8 Å². The molecule has 1 aliphatic carbocycles. The van der Waals surface area contributed by atoms with E-state index >= 15 is 0 Å². The van der Waals surface area contributed by atoms with E-state index in [0.29, 0.717) is 0 Å². The first-order valence-corrected chi connectivity index (χ1v) is 8.15. The van der Waals surface area contributed by atoms with Gasteiger partial charge in [0, 0.05) is 12.6 Å². The highest BCUT2D eigenvalue weighted by atomic mass is 127. The molecule has 0 amide bonds. The molecule has 1 aliphatic rings. The van der Waals surface area contributed by atoms with Crippen LogP contribution in [0.3, 0.4) is 0 Å². The lowest BCUT2D eigenvalue weighted by Crippen LogP contribution is -2.39. The fourth-order valence-electron chi connectivity index (χ4n) is 2.88. The van der Waals surface area contributed by atoms with Crippen LogP contribution in [0.2, 0.25) is 0 Å². The Morgan fingerprint density at radius 1 is 1.33 bits per heavy atom. The third-order valence-electron chi connectivity index (χ3n) is 3.78. The van der Waals surface area contributed by atoms with Crippen molar-refractivity contribution in [3.63, 3.8) is 0 Å². The average molecular weight is 355 g/mol. The Bertz CT molecular complexity index is 400. The minimum atomic E-state index is 0.729. The van der Waals surface area contributed by atoms with E-state index in [1.807, 2.05) is 0 Å². The molecule has 2 rings (SSSR count). The molecule has 0 radical (unpaired) electrons. The van der Waals surface area contributed by atoms with Crippen LogP contribution < -0.4 is 0 Å². The van der Waals surface area contributed by atoms with E-state index in [1.54, 1.807) is 11.1 Å². The third-order valence-corrected chi connectivity index (χ3v) is 4.29. The average Bonchev–Trinajstić information content (AvgIpc) is 2.43. The third kappa shape index (κ3) is 3.58. The van der Waals surface area contributed by atoms with Crippen LogP contribution in [0.25, 0.3) is 0 Å². The molecule has 0 fully saturated rings. The standard InChI is InChI=1S/C16H22IN/c1-2-11-18(12-5-10-17)16-9-8-14-6-3-4-7-15(14)13-16/h3-7,10,16H,2,8-9,11-13H2,1H3/b10-5+. The van der Waals surface area contributed by atoms with Crippen LogP contribution in [0.5, 0.6) is 0 Å². The van der Waals surface area contributed by atoms with E-state index in [1.165, 1.54) is 32.2 Å². The van der Waals surface area contributed by atoms with Crippen LogP contribution in [0.1, 0.15) is 30.9 Å². The second kappa shape index (κ2) is 7.29. The second-order valence-electron chi connectivity index (χ2n) is 5.02. The highest BCUT2D eigenvalue weighted by molar-refractivity contribution is 14.1. The van der Waals surface area contributed by atoms with E-state index in [9.17, 15) is 0 Å². The SMILES string of the molecule is CCCN(C/C=C/I)C1CCc2ccccc2C1. The van der Waals surface area contributed by atoms with E-state index in [0.717, 1.165) is 12.6 Å². The van der Waals surface area contributed by atoms with Gasteiger partial charge in [-0.3, -0.25) is 4.90 Å². The summed E-state index contributed by atoms with van der Waals surface area (Å²) in [5.41, 5.74) is 3.13. The Balaban J connectivity index is 2.05. The molecule has 0 spiro atoms. The van der Waals surface area contributed by atoms with Crippen molar-refractivity contribution >= 4 is 22.6 Å². The van der Waals surface area contributed by atoms with Crippen molar-refractivity contribution in [2.45, 2.75) is 38.6 Å². The van der Waals surface area contributed by atoms with Gasteiger partial charge in [-0.05, 0) is 47.4 Å². The zero-order chi connectivity index (χ0) is 12.8. The highest BCUT2D eigenvalue weighted by Gasteiger charge is 2.22. The summed E-state index contributed by atoms with van der Waals surface area (Å²) in [7, 11) is 0. The summed E-state index contributed by atoms with van der Waals surface area (Å²) < 4.78 is 2.14. The van der Waals surface area contributed by atoms with Gasteiger partial charge < -0.3 is 0 Å². The molecule has 1 atom stereocenters. The van der Waals surface area contributed by atoms with Gasteiger partial charge in [0.15, 0.2) is 0 Å². The van der Waals surface area contributed by atoms with Gasteiger partial charge in [0.1, 0.15) is 0 Å². The summed E-state index contributed by atoms with van der Waals surface area (Å²) in [5, 5.41) is 0. The topological polar surface area (TPSA) is 3.24 Å². The molecule has 0 bridgehead atoms. The van der Waals surface area contributed by atoms with Gasteiger partial charge in [-0.1, -0.05) is 59.9 Å². The van der Waals surface area contributed by atoms with Crippen molar-refractivity contribution < 1.29 is 0 Å². The summed E-state index contributed by atoms with van der Waals surface area (Å²) in [4.78, 5) is 2.64. The first-order valence-electron chi connectivity index (χ1n) is 6.91. The van der Waals surface area contributed by atoms with E-state index in [4.69, 9.17) is 0 Å². The molecule has 98 valence electrons. The van der Waals surface area contributed by atoms with Crippen LogP contribution >= 0.6 is 22.6 Å². The van der Waals surface area contributed by atoms with Crippen LogP contribution in [0, 0.1) is 0 Å². The van der Waals surface area contributed by atoms with Gasteiger partial charge in [-0.25, -0.2) is 0 Å². The van der Waals surface area contributed by atoms with Crippen molar-refractivity contribution in [3.8, 4) is 0 Å². The van der Waals surface area contributed by atoms with Crippen LogP contribution in [-0.4, -0.2) is 24.0 Å². The molecular formula is C16H22IN. The highest BCUT2D eigenvalue weighted by Crippen LogP contribution is 2.24. The van der Waals surface area contributed by atoms with Crippen LogP contribution in [0.4, 0.5) is 0 Å². The molecule has 0 heterocycles. The van der Waals surface area contributed by atoms with Gasteiger partial charge >= 0.3 is 0 Å². The molecule has 18 heavy (non-hydrogen) atoms. The maximum absolute atomic E-state index is 2.64. The van der Waals surface area contributed by atoms with Crippen molar-refractivity contribution in [2.24, 2.45) is 0 Å². The van der Waals surface area contributed by atoms with E-state index in [-0.39, 0.29) is 0 Å². The quantitative estimate of drug-likeness (QED) is 0.716. The Morgan fingerprint density at radius 2 is 2.11 bits per heavy atom. The monoisotopic (exact) mass is 355 g/mol. The molecule has 0 saturated carbocycles. The summed E-state index contributed by atoms with van der Waals surface area (Å²) in [6.07, 6.45) is 7.30. The summed E-state index contributed by atoms with van der Waals surface area (Å²) >= 11 is 2.31.